The van der Waals surface area contributed by atoms with Crippen LogP contribution >= 0.6 is 15.9 Å². The first-order valence-corrected chi connectivity index (χ1v) is 13.4. The van der Waals surface area contributed by atoms with E-state index in [1.807, 2.05) is 71.4 Å². The molecule has 0 amide bonds. The van der Waals surface area contributed by atoms with Gasteiger partial charge in [-0.3, -0.25) is 4.79 Å². The minimum atomic E-state index is -0.304. The van der Waals surface area contributed by atoms with Gasteiger partial charge in [-0.1, -0.05) is 58.4 Å². The standard InChI is InChI=1S/C32H20BrFN4O2/c33-23-12-13-29-21(15-23)16-30(40-29)31-36-27-10-3-1-9-26(27)32(39)38(31)35-17-22-19-37(28-11-4-2-8-25(22)28)18-20-6-5-7-24(34)14-20/h1-17,19H,18H2. The number of furan rings is 1. The van der Waals surface area contributed by atoms with Crippen molar-refractivity contribution in [3.63, 3.8) is 0 Å². The normalized spacial score (nSPS) is 11.8. The van der Waals surface area contributed by atoms with E-state index in [0.717, 1.165) is 31.9 Å². The number of benzene rings is 4. The molecule has 0 aliphatic rings. The molecule has 40 heavy (non-hydrogen) atoms. The zero-order valence-electron chi connectivity index (χ0n) is 21.0. The second-order valence-corrected chi connectivity index (χ2v) is 10.4. The minimum Gasteiger partial charge on any atom is -0.453 e. The first kappa shape index (κ1) is 24.2. The molecule has 4 aromatic carbocycles. The smallest absolute Gasteiger partial charge is 0.282 e. The summed E-state index contributed by atoms with van der Waals surface area (Å²) in [6.45, 7) is 0.489. The zero-order chi connectivity index (χ0) is 27.2. The highest BCUT2D eigenvalue weighted by Gasteiger charge is 2.17. The fourth-order valence-electron chi connectivity index (χ4n) is 4.98. The molecule has 0 bridgehead atoms. The molecule has 0 spiro atoms. The Morgan fingerprint density at radius 2 is 1.75 bits per heavy atom. The third-order valence-electron chi connectivity index (χ3n) is 6.83. The molecule has 0 aliphatic heterocycles. The summed E-state index contributed by atoms with van der Waals surface area (Å²) in [5, 5.41) is 6.94. The van der Waals surface area contributed by atoms with Gasteiger partial charge in [0, 0.05) is 39.1 Å². The van der Waals surface area contributed by atoms with E-state index in [0.29, 0.717) is 34.6 Å². The average Bonchev–Trinajstić information content (AvgIpc) is 3.53. The van der Waals surface area contributed by atoms with Gasteiger partial charge in [-0.15, -0.1) is 0 Å². The van der Waals surface area contributed by atoms with Crippen LogP contribution in [0.2, 0.25) is 0 Å². The molecule has 0 radical (unpaired) electrons. The zero-order valence-corrected chi connectivity index (χ0v) is 22.5. The van der Waals surface area contributed by atoms with Crippen molar-refractivity contribution < 1.29 is 8.81 Å². The second-order valence-electron chi connectivity index (χ2n) is 9.47. The number of hydrogen-bond acceptors (Lipinski definition) is 4. The summed E-state index contributed by atoms with van der Waals surface area (Å²) >= 11 is 3.50. The van der Waals surface area contributed by atoms with Crippen molar-refractivity contribution in [2.24, 2.45) is 5.10 Å². The molecule has 6 nitrogen and oxygen atoms in total. The highest BCUT2D eigenvalue weighted by Crippen LogP contribution is 2.29. The van der Waals surface area contributed by atoms with Crippen LogP contribution in [0.3, 0.4) is 0 Å². The van der Waals surface area contributed by atoms with E-state index < -0.39 is 0 Å². The molecule has 0 atom stereocenters. The molecule has 0 saturated carbocycles. The van der Waals surface area contributed by atoms with Crippen molar-refractivity contribution in [2.75, 3.05) is 0 Å². The van der Waals surface area contributed by atoms with Gasteiger partial charge in [0.25, 0.3) is 5.56 Å². The van der Waals surface area contributed by atoms with Crippen LogP contribution in [0.15, 0.2) is 122 Å². The van der Waals surface area contributed by atoms with E-state index in [9.17, 15) is 9.18 Å². The maximum Gasteiger partial charge on any atom is 0.282 e. The molecular weight excluding hydrogens is 571 g/mol. The summed E-state index contributed by atoms with van der Waals surface area (Å²) in [5.41, 5.74) is 3.56. The topological polar surface area (TPSA) is 65.3 Å². The van der Waals surface area contributed by atoms with Crippen LogP contribution in [0.4, 0.5) is 4.39 Å². The van der Waals surface area contributed by atoms with Crippen LogP contribution in [0.1, 0.15) is 11.1 Å². The lowest BCUT2D eigenvalue weighted by atomic mass is 10.2. The molecule has 7 rings (SSSR count). The van der Waals surface area contributed by atoms with Crippen molar-refractivity contribution in [3.8, 4) is 11.6 Å². The van der Waals surface area contributed by atoms with Crippen LogP contribution in [0.5, 0.6) is 0 Å². The van der Waals surface area contributed by atoms with Crippen molar-refractivity contribution >= 4 is 54.9 Å². The SMILES string of the molecule is O=c1c2ccccc2nc(-c2cc3cc(Br)ccc3o2)n1N=Cc1cn(Cc2cccc(F)c2)c2ccccc12. The Labute approximate surface area is 235 Å². The molecule has 0 aliphatic carbocycles. The number of rotatable bonds is 5. The summed E-state index contributed by atoms with van der Waals surface area (Å²) in [4.78, 5) is 18.4. The monoisotopic (exact) mass is 590 g/mol. The fourth-order valence-corrected chi connectivity index (χ4v) is 5.35. The van der Waals surface area contributed by atoms with Gasteiger partial charge < -0.3 is 8.98 Å². The van der Waals surface area contributed by atoms with Gasteiger partial charge in [-0.25, -0.2) is 9.37 Å². The predicted octanol–water partition coefficient (Wildman–Crippen LogP) is 7.60. The molecule has 194 valence electrons. The Hall–Kier alpha value is -4.82. The Morgan fingerprint density at radius 1 is 0.925 bits per heavy atom. The van der Waals surface area contributed by atoms with E-state index in [1.165, 1.54) is 16.8 Å². The van der Waals surface area contributed by atoms with Gasteiger partial charge in [0.2, 0.25) is 5.82 Å². The van der Waals surface area contributed by atoms with Crippen LogP contribution in [0.25, 0.3) is 44.4 Å². The van der Waals surface area contributed by atoms with E-state index in [1.54, 1.807) is 30.5 Å². The summed E-state index contributed by atoms with van der Waals surface area (Å²) in [7, 11) is 0. The molecular formula is C32H20BrFN4O2. The summed E-state index contributed by atoms with van der Waals surface area (Å²) in [6, 6.07) is 29.2. The van der Waals surface area contributed by atoms with Gasteiger partial charge >= 0.3 is 0 Å². The van der Waals surface area contributed by atoms with Crippen LogP contribution in [-0.2, 0) is 6.54 Å². The lowest BCUT2D eigenvalue weighted by Gasteiger charge is -2.07. The average molecular weight is 591 g/mol. The number of fused-ring (bicyclic) bond motifs is 3. The van der Waals surface area contributed by atoms with E-state index in [-0.39, 0.29) is 11.4 Å². The molecule has 3 heterocycles. The molecule has 0 N–H and O–H groups in total. The van der Waals surface area contributed by atoms with Crippen molar-refractivity contribution in [2.45, 2.75) is 6.54 Å². The molecule has 8 heteroatoms. The van der Waals surface area contributed by atoms with E-state index >= 15 is 0 Å². The van der Waals surface area contributed by atoms with Gasteiger partial charge in [-0.2, -0.15) is 9.78 Å². The first-order valence-electron chi connectivity index (χ1n) is 12.6. The number of para-hydroxylation sites is 2. The van der Waals surface area contributed by atoms with E-state index in [4.69, 9.17) is 9.40 Å². The van der Waals surface area contributed by atoms with Gasteiger partial charge in [0.05, 0.1) is 17.1 Å². The second kappa shape index (κ2) is 9.73. The minimum absolute atomic E-state index is 0.274. The number of nitrogens with zero attached hydrogens (tertiary/aromatic N) is 4. The van der Waals surface area contributed by atoms with Gasteiger partial charge in [-0.05, 0) is 60.2 Å². The number of aromatic nitrogens is 3. The Kier molecular flexibility index (Phi) is 5.90. The number of hydrogen-bond donors (Lipinski definition) is 0. The maximum absolute atomic E-state index is 13.8. The van der Waals surface area contributed by atoms with Crippen LogP contribution in [0, 0.1) is 5.82 Å². The van der Waals surface area contributed by atoms with Gasteiger partial charge in [0.15, 0.2) is 5.76 Å². The fraction of sp³-hybridized carbons (Fsp3) is 0.0312. The quantitative estimate of drug-likeness (QED) is 0.194. The van der Waals surface area contributed by atoms with Gasteiger partial charge in [0.1, 0.15) is 11.4 Å². The summed E-state index contributed by atoms with van der Waals surface area (Å²) < 4.78 is 24.2. The largest absolute Gasteiger partial charge is 0.453 e. The first-order chi connectivity index (χ1) is 19.5. The Balaban J connectivity index is 1.38. The van der Waals surface area contributed by atoms with Crippen LogP contribution in [-0.4, -0.2) is 20.4 Å². The van der Waals surface area contributed by atoms with Crippen LogP contribution < -0.4 is 5.56 Å². The third-order valence-corrected chi connectivity index (χ3v) is 7.32. The molecule has 7 aromatic rings. The van der Waals surface area contributed by atoms with Crippen molar-refractivity contribution in [3.05, 3.63) is 135 Å². The number of halogens is 2. The maximum atomic E-state index is 13.8. The lowest BCUT2D eigenvalue weighted by molar-refractivity contribution is 0.616. The van der Waals surface area contributed by atoms with Crippen molar-refractivity contribution in [1.29, 1.82) is 0 Å². The molecule has 0 fully saturated rings. The third kappa shape index (κ3) is 4.32. The highest BCUT2D eigenvalue weighted by molar-refractivity contribution is 9.10. The Bertz CT molecular complexity index is 2160. The summed E-state index contributed by atoms with van der Waals surface area (Å²) in [6.07, 6.45) is 3.61. The van der Waals surface area contributed by atoms with E-state index in [2.05, 4.69) is 21.0 Å². The van der Waals surface area contributed by atoms with Crippen molar-refractivity contribution in [1.82, 2.24) is 14.2 Å². The molecule has 0 saturated heterocycles. The Morgan fingerprint density at radius 3 is 2.62 bits per heavy atom. The summed E-state index contributed by atoms with van der Waals surface area (Å²) in [5.74, 6) is 0.460. The highest BCUT2D eigenvalue weighted by atomic mass is 79.9. The lowest BCUT2D eigenvalue weighted by Crippen LogP contribution is -2.20. The molecule has 3 aromatic heterocycles. The molecule has 0 unspecified atom stereocenters. The predicted molar refractivity (Wildman–Crippen MR) is 159 cm³/mol.